The Bertz CT molecular complexity index is 1090. The lowest BCUT2D eigenvalue weighted by molar-refractivity contribution is -0.197. The molecule has 0 saturated carbocycles. The molecule has 194 valence electrons. The van der Waals surface area contributed by atoms with Crippen molar-refractivity contribution in [2.45, 2.75) is 83.9 Å². The first-order valence-corrected chi connectivity index (χ1v) is 12.5. The standard InChI is InChI=1S/C25H37N5O5.H2/c1-15-17-8-10-30(21(17)28-14-27-15)22-20-19(33-25(5,6)34-20)18(32-22)13-29-9-7-16(12-29)11-26-23(31)35-24(2,3)4;/h8,10,14,16,18-20,22H,7,9,11-13H2,1-6H3,(H,26,31);1H/t16?,18-,19-,20-,22-;/m1./s1. The van der Waals surface area contributed by atoms with Crippen molar-refractivity contribution in [2.24, 2.45) is 5.92 Å². The maximum Gasteiger partial charge on any atom is 0.407 e. The van der Waals surface area contributed by atoms with E-state index in [4.69, 9.17) is 18.9 Å². The third kappa shape index (κ3) is 5.16. The first-order valence-electron chi connectivity index (χ1n) is 12.5. The number of carbonyl (C=O) groups is 1. The SMILES string of the molecule is Cc1ncnc2c1ccn2[C@@H]1O[C@H](CN2CCC(CNC(=O)OC(C)(C)C)C2)[C@H]2OC(C)(C)O[C@H]21.[HH]. The number of nitrogens with one attached hydrogen (secondary N) is 1. The van der Waals surface area contributed by atoms with Crippen molar-refractivity contribution >= 4 is 17.1 Å². The Balaban J connectivity index is 0.00000304. The second-order valence-corrected chi connectivity index (χ2v) is 11.3. The van der Waals surface area contributed by atoms with Crippen LogP contribution in [0.3, 0.4) is 0 Å². The van der Waals surface area contributed by atoms with E-state index in [1.54, 1.807) is 6.33 Å². The number of alkyl carbamates (subject to hydrolysis) is 1. The largest absolute Gasteiger partial charge is 0.444 e. The van der Waals surface area contributed by atoms with Crippen LogP contribution >= 0.6 is 0 Å². The summed E-state index contributed by atoms with van der Waals surface area (Å²) in [6, 6.07) is 2.03. The minimum atomic E-state index is -0.672. The quantitative estimate of drug-likeness (QED) is 0.683. The van der Waals surface area contributed by atoms with Crippen molar-refractivity contribution in [2.75, 3.05) is 26.2 Å². The van der Waals surface area contributed by atoms with Crippen molar-refractivity contribution in [3.8, 4) is 0 Å². The van der Waals surface area contributed by atoms with Gasteiger partial charge in [-0.25, -0.2) is 14.8 Å². The average molecular weight is 490 g/mol. The van der Waals surface area contributed by atoms with Crippen LogP contribution in [0, 0.1) is 12.8 Å². The molecular formula is C25H39N5O5. The molecule has 1 N–H and O–H groups in total. The number of ether oxygens (including phenoxy) is 4. The summed E-state index contributed by atoms with van der Waals surface area (Å²) in [4.78, 5) is 23.2. The third-order valence-corrected chi connectivity index (χ3v) is 6.85. The van der Waals surface area contributed by atoms with Gasteiger partial charge < -0.3 is 33.7 Å². The van der Waals surface area contributed by atoms with Crippen LogP contribution in [-0.2, 0) is 18.9 Å². The number of rotatable bonds is 5. The van der Waals surface area contributed by atoms with E-state index in [1.165, 1.54) is 0 Å². The maximum atomic E-state index is 12.0. The van der Waals surface area contributed by atoms with E-state index < -0.39 is 11.4 Å². The Labute approximate surface area is 207 Å². The molecule has 0 spiro atoms. The number of fused-ring (bicyclic) bond motifs is 2. The van der Waals surface area contributed by atoms with Crippen LogP contribution in [0.25, 0.3) is 11.0 Å². The van der Waals surface area contributed by atoms with E-state index in [-0.39, 0.29) is 32.1 Å². The number of aromatic nitrogens is 3. The zero-order chi connectivity index (χ0) is 25.0. The van der Waals surface area contributed by atoms with Crippen LogP contribution in [-0.4, -0.2) is 81.4 Å². The summed E-state index contributed by atoms with van der Waals surface area (Å²) in [5, 5.41) is 3.92. The molecule has 5 heterocycles. The van der Waals surface area contributed by atoms with Crippen molar-refractivity contribution < 1.29 is 25.2 Å². The molecule has 1 amide bonds. The van der Waals surface area contributed by atoms with E-state index in [0.29, 0.717) is 12.5 Å². The zero-order valence-electron chi connectivity index (χ0n) is 21.5. The molecule has 3 saturated heterocycles. The molecule has 5 atom stereocenters. The Morgan fingerprint density at radius 1 is 1.29 bits per heavy atom. The minimum Gasteiger partial charge on any atom is -0.444 e. The van der Waals surface area contributed by atoms with Gasteiger partial charge in [0.15, 0.2) is 12.0 Å². The Kier molecular flexibility index (Phi) is 6.27. The van der Waals surface area contributed by atoms with Crippen LogP contribution in [0.4, 0.5) is 4.79 Å². The number of aryl methyl sites for hydroxylation is 1. The summed E-state index contributed by atoms with van der Waals surface area (Å²) >= 11 is 0. The lowest BCUT2D eigenvalue weighted by atomic mass is 10.1. The predicted octanol–water partition coefficient (Wildman–Crippen LogP) is 3.25. The molecule has 3 fully saturated rings. The molecule has 35 heavy (non-hydrogen) atoms. The van der Waals surface area contributed by atoms with E-state index in [9.17, 15) is 4.79 Å². The summed E-state index contributed by atoms with van der Waals surface area (Å²) in [7, 11) is 0. The van der Waals surface area contributed by atoms with Gasteiger partial charge in [-0.05, 0) is 66.5 Å². The fraction of sp³-hybridized carbons (Fsp3) is 0.720. The molecule has 10 heteroatoms. The highest BCUT2D eigenvalue weighted by Crippen LogP contribution is 2.44. The topological polar surface area (TPSA) is 100.0 Å². The van der Waals surface area contributed by atoms with Crippen LogP contribution in [0.2, 0.25) is 0 Å². The molecule has 0 aromatic carbocycles. The predicted molar refractivity (Wildman–Crippen MR) is 131 cm³/mol. The summed E-state index contributed by atoms with van der Waals surface area (Å²) in [6.07, 6.45) is 3.38. The van der Waals surface area contributed by atoms with Crippen molar-refractivity contribution in [3.63, 3.8) is 0 Å². The van der Waals surface area contributed by atoms with Crippen molar-refractivity contribution in [1.82, 2.24) is 24.8 Å². The molecule has 10 nitrogen and oxygen atoms in total. The molecule has 0 radical (unpaired) electrons. The molecule has 1 unspecified atom stereocenters. The van der Waals surface area contributed by atoms with Crippen LogP contribution < -0.4 is 5.32 Å². The summed E-state index contributed by atoms with van der Waals surface area (Å²) in [6.45, 7) is 14.7. The van der Waals surface area contributed by atoms with Crippen LogP contribution in [0.1, 0.15) is 54.4 Å². The number of hydrogen-bond donors (Lipinski definition) is 1. The second-order valence-electron chi connectivity index (χ2n) is 11.3. The maximum absolute atomic E-state index is 12.0. The number of amides is 1. The van der Waals surface area contributed by atoms with Gasteiger partial charge in [-0.1, -0.05) is 0 Å². The van der Waals surface area contributed by atoms with Crippen LogP contribution in [0.5, 0.6) is 0 Å². The van der Waals surface area contributed by atoms with E-state index >= 15 is 0 Å². The zero-order valence-corrected chi connectivity index (χ0v) is 21.5. The van der Waals surface area contributed by atoms with Gasteiger partial charge in [0.1, 0.15) is 35.9 Å². The third-order valence-electron chi connectivity index (χ3n) is 6.85. The van der Waals surface area contributed by atoms with Gasteiger partial charge in [0.05, 0.1) is 5.69 Å². The molecule has 0 bridgehead atoms. The number of nitrogens with zero attached hydrogens (tertiary/aromatic N) is 4. The molecule has 2 aromatic heterocycles. The minimum absolute atomic E-state index is 0. The smallest absolute Gasteiger partial charge is 0.407 e. The molecular weight excluding hydrogens is 450 g/mol. The van der Waals surface area contributed by atoms with Gasteiger partial charge in [-0.2, -0.15) is 0 Å². The van der Waals surface area contributed by atoms with Gasteiger partial charge >= 0.3 is 6.09 Å². The molecule has 3 aliphatic heterocycles. The highest BCUT2D eigenvalue weighted by molar-refractivity contribution is 5.78. The van der Waals surface area contributed by atoms with Crippen molar-refractivity contribution in [3.05, 3.63) is 24.3 Å². The fourth-order valence-corrected chi connectivity index (χ4v) is 5.37. The fourth-order valence-electron chi connectivity index (χ4n) is 5.37. The lowest BCUT2D eigenvalue weighted by Crippen LogP contribution is -2.40. The second kappa shape index (κ2) is 8.99. The Hall–Kier alpha value is -2.27. The van der Waals surface area contributed by atoms with Crippen LogP contribution in [0.15, 0.2) is 18.6 Å². The summed E-state index contributed by atoms with van der Waals surface area (Å²) in [5.74, 6) is -0.297. The molecule has 0 aliphatic carbocycles. The number of carbonyl (C=O) groups excluding carboxylic acids is 1. The normalized spacial score (nSPS) is 30.6. The van der Waals surface area contributed by atoms with Gasteiger partial charge in [-0.15, -0.1) is 0 Å². The first kappa shape index (κ1) is 24.4. The van der Waals surface area contributed by atoms with Crippen molar-refractivity contribution in [1.29, 1.82) is 0 Å². The first-order chi connectivity index (χ1) is 16.5. The van der Waals surface area contributed by atoms with E-state index in [0.717, 1.165) is 42.8 Å². The molecule has 3 aliphatic rings. The number of likely N-dealkylation sites (tertiary alicyclic amines) is 1. The van der Waals surface area contributed by atoms with Gasteiger partial charge in [0.2, 0.25) is 0 Å². The average Bonchev–Trinajstić information content (AvgIpc) is 3.50. The van der Waals surface area contributed by atoms with E-state index in [2.05, 4.69) is 20.2 Å². The monoisotopic (exact) mass is 489 g/mol. The highest BCUT2D eigenvalue weighted by Gasteiger charge is 2.56. The van der Waals surface area contributed by atoms with Gasteiger partial charge in [-0.3, -0.25) is 0 Å². The highest BCUT2D eigenvalue weighted by atomic mass is 16.8. The molecule has 5 rings (SSSR count). The summed E-state index contributed by atoms with van der Waals surface area (Å²) in [5.41, 5.74) is 1.28. The van der Waals surface area contributed by atoms with Gasteiger partial charge in [0, 0.05) is 32.6 Å². The number of hydrogen-bond acceptors (Lipinski definition) is 8. The molecule has 2 aromatic rings. The Morgan fingerprint density at radius 3 is 2.83 bits per heavy atom. The lowest BCUT2D eigenvalue weighted by Gasteiger charge is -2.27. The van der Waals surface area contributed by atoms with Gasteiger partial charge in [0.25, 0.3) is 0 Å². The summed E-state index contributed by atoms with van der Waals surface area (Å²) < 4.78 is 26.6. The van der Waals surface area contributed by atoms with E-state index in [1.807, 2.05) is 58.4 Å². The Morgan fingerprint density at radius 2 is 2.06 bits per heavy atom.